The molecular weight excluding hydrogens is 288 g/mol. The normalized spacial score (nSPS) is 23.7. The molecule has 0 radical (unpaired) electrons. The van der Waals surface area contributed by atoms with Crippen LogP contribution in [-0.4, -0.2) is 39.1 Å². The number of benzene rings is 1. The van der Waals surface area contributed by atoms with Crippen LogP contribution in [0.5, 0.6) is 0 Å². The van der Waals surface area contributed by atoms with Crippen molar-refractivity contribution in [3.63, 3.8) is 0 Å². The van der Waals surface area contributed by atoms with E-state index in [4.69, 9.17) is 11.6 Å². The van der Waals surface area contributed by atoms with Gasteiger partial charge in [-0.1, -0.05) is 11.6 Å². The van der Waals surface area contributed by atoms with Gasteiger partial charge in [0.2, 0.25) is 0 Å². The molecule has 4 nitrogen and oxygen atoms in total. The highest BCUT2D eigenvalue weighted by Gasteiger charge is 2.52. The number of aromatic nitrogens is 1. The molecule has 1 aromatic carbocycles. The lowest BCUT2D eigenvalue weighted by atomic mass is 10.1. The van der Waals surface area contributed by atoms with Crippen LogP contribution >= 0.6 is 11.6 Å². The number of nitrogens with zero attached hydrogens (tertiary/aromatic N) is 1. The summed E-state index contributed by atoms with van der Waals surface area (Å²) in [7, 11) is 0. The summed E-state index contributed by atoms with van der Waals surface area (Å²) in [4.78, 5) is 17.7. The molecule has 1 saturated carbocycles. The molecule has 1 aliphatic heterocycles. The van der Waals surface area contributed by atoms with Gasteiger partial charge in [-0.3, -0.25) is 4.79 Å². The molecule has 1 aliphatic carbocycles. The van der Waals surface area contributed by atoms with Gasteiger partial charge in [0.15, 0.2) is 0 Å². The molecule has 110 valence electrons. The zero-order valence-corrected chi connectivity index (χ0v) is 12.4. The maximum atomic E-state index is 12.7. The summed E-state index contributed by atoms with van der Waals surface area (Å²) in [6.07, 6.45) is 3.48. The first-order valence-corrected chi connectivity index (χ1v) is 7.76. The van der Waals surface area contributed by atoms with Gasteiger partial charge in [0.05, 0.1) is 11.6 Å². The van der Waals surface area contributed by atoms with Crippen molar-refractivity contribution >= 4 is 28.4 Å². The second-order valence-electron chi connectivity index (χ2n) is 6.17. The van der Waals surface area contributed by atoms with Gasteiger partial charge in [0, 0.05) is 22.5 Å². The predicted molar refractivity (Wildman–Crippen MR) is 81.6 cm³/mol. The fraction of sp³-hybridized carbons (Fsp3) is 0.438. The second kappa shape index (κ2) is 4.49. The maximum Gasteiger partial charge on any atom is 0.270 e. The minimum absolute atomic E-state index is 0.0230. The van der Waals surface area contributed by atoms with Crippen molar-refractivity contribution in [3.8, 4) is 0 Å². The first kappa shape index (κ1) is 13.2. The predicted octanol–water partition coefficient (Wildman–Crippen LogP) is 2.95. The Hall–Kier alpha value is -1.52. The molecule has 1 unspecified atom stereocenters. The molecule has 5 heteroatoms. The number of hydrogen-bond acceptors (Lipinski definition) is 2. The molecule has 0 spiro atoms. The van der Waals surface area contributed by atoms with Crippen molar-refractivity contribution in [2.24, 2.45) is 0 Å². The van der Waals surface area contributed by atoms with Crippen molar-refractivity contribution in [1.29, 1.82) is 0 Å². The quantitative estimate of drug-likeness (QED) is 0.896. The summed E-state index contributed by atoms with van der Waals surface area (Å²) in [6.45, 7) is 0.724. The highest BCUT2D eigenvalue weighted by atomic mass is 35.5. The smallest absolute Gasteiger partial charge is 0.270 e. The van der Waals surface area contributed by atoms with Crippen LogP contribution in [0.2, 0.25) is 5.02 Å². The third kappa shape index (κ3) is 2.14. The van der Waals surface area contributed by atoms with Gasteiger partial charge in [-0.05, 0) is 49.9 Å². The van der Waals surface area contributed by atoms with Gasteiger partial charge in [-0.2, -0.15) is 0 Å². The molecule has 2 N–H and O–H groups in total. The summed E-state index contributed by atoms with van der Waals surface area (Å²) in [5.41, 5.74) is 0.841. The standard InChI is InChI=1S/C16H17ClN2O2/c17-11-3-4-12-10(8-11)9-13(18-12)15(20)19-7-1-2-14(19)16(21)5-6-16/h3-4,8-9,14,18,21H,1-2,5-7H2. The molecule has 2 heterocycles. The molecule has 21 heavy (non-hydrogen) atoms. The van der Waals surface area contributed by atoms with E-state index in [1.165, 1.54) is 0 Å². The van der Waals surface area contributed by atoms with Crippen molar-refractivity contribution < 1.29 is 9.90 Å². The number of fused-ring (bicyclic) bond motifs is 1. The molecule has 1 atom stereocenters. The molecule has 1 aromatic heterocycles. The molecule has 0 bridgehead atoms. The van der Waals surface area contributed by atoms with Gasteiger partial charge in [-0.15, -0.1) is 0 Å². The SMILES string of the molecule is O=C(c1cc2cc(Cl)ccc2[nH]1)N1CCCC1C1(O)CC1. The van der Waals surface area contributed by atoms with E-state index in [1.54, 1.807) is 6.07 Å². The summed E-state index contributed by atoms with van der Waals surface area (Å²) >= 11 is 5.98. The summed E-state index contributed by atoms with van der Waals surface area (Å²) in [6, 6.07) is 7.35. The average Bonchev–Trinajstić information content (AvgIpc) is 2.94. The van der Waals surface area contributed by atoms with Crippen LogP contribution in [-0.2, 0) is 0 Å². The van der Waals surface area contributed by atoms with Gasteiger partial charge >= 0.3 is 0 Å². The first-order chi connectivity index (χ1) is 10.1. The average molecular weight is 305 g/mol. The lowest BCUT2D eigenvalue weighted by molar-refractivity contribution is 0.0383. The lowest BCUT2D eigenvalue weighted by Gasteiger charge is -2.28. The Balaban J connectivity index is 1.66. The third-order valence-corrected chi connectivity index (χ3v) is 4.94. The number of halogens is 1. The van der Waals surface area contributed by atoms with E-state index in [1.807, 2.05) is 23.1 Å². The van der Waals surface area contributed by atoms with Crippen molar-refractivity contribution in [3.05, 3.63) is 35.0 Å². The number of aliphatic hydroxyl groups is 1. The van der Waals surface area contributed by atoms with Crippen molar-refractivity contribution in [1.82, 2.24) is 9.88 Å². The largest absolute Gasteiger partial charge is 0.388 e. The molecule has 4 rings (SSSR count). The molecule has 2 aromatic rings. The first-order valence-electron chi connectivity index (χ1n) is 7.38. The summed E-state index contributed by atoms with van der Waals surface area (Å²) in [5, 5.41) is 11.9. The van der Waals surface area contributed by atoms with Gasteiger partial charge in [0.1, 0.15) is 5.69 Å². The minimum Gasteiger partial charge on any atom is -0.388 e. The van der Waals surface area contributed by atoms with Crippen LogP contribution in [0, 0.1) is 0 Å². The second-order valence-corrected chi connectivity index (χ2v) is 6.61. The number of carbonyl (C=O) groups excluding carboxylic acids is 1. The number of amides is 1. The lowest BCUT2D eigenvalue weighted by Crippen LogP contribution is -2.44. The summed E-state index contributed by atoms with van der Waals surface area (Å²) < 4.78 is 0. The van der Waals surface area contributed by atoms with E-state index in [0.29, 0.717) is 10.7 Å². The highest BCUT2D eigenvalue weighted by molar-refractivity contribution is 6.31. The molecular formula is C16H17ClN2O2. The topological polar surface area (TPSA) is 56.3 Å². The monoisotopic (exact) mass is 304 g/mol. The Kier molecular flexibility index (Phi) is 2.81. The van der Waals surface area contributed by atoms with E-state index >= 15 is 0 Å². The zero-order valence-electron chi connectivity index (χ0n) is 11.6. The van der Waals surface area contributed by atoms with E-state index in [2.05, 4.69) is 4.98 Å². The van der Waals surface area contributed by atoms with E-state index in [-0.39, 0.29) is 11.9 Å². The van der Waals surface area contributed by atoms with E-state index < -0.39 is 5.60 Å². The van der Waals surface area contributed by atoms with E-state index in [0.717, 1.165) is 43.1 Å². The van der Waals surface area contributed by atoms with Crippen LogP contribution in [0.15, 0.2) is 24.3 Å². The Labute approximate surface area is 127 Å². The van der Waals surface area contributed by atoms with Gasteiger partial charge < -0.3 is 15.0 Å². The van der Waals surface area contributed by atoms with Crippen LogP contribution in [0.1, 0.15) is 36.2 Å². The van der Waals surface area contributed by atoms with Crippen LogP contribution < -0.4 is 0 Å². The number of H-pyrrole nitrogens is 1. The Morgan fingerprint density at radius 3 is 2.95 bits per heavy atom. The molecule has 1 amide bonds. The molecule has 2 fully saturated rings. The van der Waals surface area contributed by atoms with Crippen LogP contribution in [0.3, 0.4) is 0 Å². The van der Waals surface area contributed by atoms with Crippen molar-refractivity contribution in [2.45, 2.75) is 37.3 Å². The zero-order chi connectivity index (χ0) is 14.6. The van der Waals surface area contributed by atoms with Crippen molar-refractivity contribution in [2.75, 3.05) is 6.54 Å². The number of nitrogens with one attached hydrogen (secondary N) is 1. The number of aromatic amines is 1. The number of carbonyl (C=O) groups is 1. The van der Waals surface area contributed by atoms with Crippen LogP contribution in [0.25, 0.3) is 10.9 Å². The maximum absolute atomic E-state index is 12.7. The Bertz CT molecular complexity index is 720. The number of rotatable bonds is 2. The molecule has 1 saturated heterocycles. The Morgan fingerprint density at radius 1 is 1.38 bits per heavy atom. The fourth-order valence-corrected chi connectivity index (χ4v) is 3.58. The number of hydrogen-bond donors (Lipinski definition) is 2. The number of likely N-dealkylation sites (tertiary alicyclic amines) is 1. The minimum atomic E-state index is -0.637. The Morgan fingerprint density at radius 2 is 2.19 bits per heavy atom. The third-order valence-electron chi connectivity index (χ3n) is 4.71. The summed E-state index contributed by atoms with van der Waals surface area (Å²) in [5.74, 6) is -0.0230. The van der Waals surface area contributed by atoms with Gasteiger partial charge in [-0.25, -0.2) is 0 Å². The highest BCUT2D eigenvalue weighted by Crippen LogP contribution is 2.45. The fourth-order valence-electron chi connectivity index (χ4n) is 3.40. The molecule has 2 aliphatic rings. The van der Waals surface area contributed by atoms with Crippen LogP contribution in [0.4, 0.5) is 0 Å². The van der Waals surface area contributed by atoms with Gasteiger partial charge in [0.25, 0.3) is 5.91 Å². The van der Waals surface area contributed by atoms with E-state index in [9.17, 15) is 9.90 Å².